The highest BCUT2D eigenvalue weighted by molar-refractivity contribution is 9.10. The fourth-order valence-corrected chi connectivity index (χ4v) is 3.53. The van der Waals surface area contributed by atoms with E-state index in [0.717, 1.165) is 4.47 Å². The summed E-state index contributed by atoms with van der Waals surface area (Å²) in [5.41, 5.74) is 0.574. The third-order valence-electron chi connectivity index (χ3n) is 3.19. The van der Waals surface area contributed by atoms with Crippen molar-refractivity contribution in [2.24, 2.45) is 0 Å². The highest BCUT2D eigenvalue weighted by Crippen LogP contribution is 2.17. The number of hydrogen-bond acceptors (Lipinski definition) is 4. The van der Waals surface area contributed by atoms with Crippen LogP contribution in [0, 0.1) is 0 Å². The van der Waals surface area contributed by atoms with Gasteiger partial charge in [-0.05, 0) is 49.4 Å². The first-order valence-corrected chi connectivity index (χ1v) is 9.32. The van der Waals surface area contributed by atoms with Crippen molar-refractivity contribution in [2.75, 3.05) is 12.4 Å². The first-order valence-electron chi connectivity index (χ1n) is 7.04. The molecule has 0 radical (unpaired) electrons. The molecule has 1 amide bonds. The first-order chi connectivity index (χ1) is 11.3. The second-order valence-electron chi connectivity index (χ2n) is 5.02. The Morgan fingerprint density at radius 1 is 1.17 bits per heavy atom. The molecule has 0 heterocycles. The fraction of sp³-hybridized carbons (Fsp3) is 0.188. The van der Waals surface area contributed by atoms with Crippen molar-refractivity contribution < 1.29 is 17.9 Å². The number of nitrogens with one attached hydrogen (secondary N) is 2. The normalized spacial score (nSPS) is 12.5. The number of sulfonamides is 1. The lowest BCUT2D eigenvalue weighted by molar-refractivity contribution is -0.117. The molecule has 8 heteroatoms. The third-order valence-corrected chi connectivity index (χ3v) is 5.24. The van der Waals surface area contributed by atoms with Crippen LogP contribution >= 0.6 is 15.9 Å². The molecule has 1 unspecified atom stereocenters. The predicted molar refractivity (Wildman–Crippen MR) is 95.5 cm³/mol. The van der Waals surface area contributed by atoms with Crippen molar-refractivity contribution in [2.45, 2.75) is 17.9 Å². The minimum atomic E-state index is -3.81. The molecule has 128 valence electrons. The van der Waals surface area contributed by atoms with Crippen LogP contribution in [0.1, 0.15) is 6.92 Å². The summed E-state index contributed by atoms with van der Waals surface area (Å²) in [7, 11) is -2.31. The molecule has 2 aromatic rings. The maximum atomic E-state index is 12.3. The number of carbonyl (C=O) groups excluding carboxylic acids is 1. The Kier molecular flexibility index (Phi) is 5.98. The lowest BCUT2D eigenvalue weighted by Gasteiger charge is -2.15. The molecule has 0 spiro atoms. The summed E-state index contributed by atoms with van der Waals surface area (Å²) in [6.45, 7) is 1.48. The van der Waals surface area contributed by atoms with E-state index in [9.17, 15) is 13.2 Å². The molecule has 0 saturated heterocycles. The van der Waals surface area contributed by atoms with Crippen molar-refractivity contribution in [3.8, 4) is 5.75 Å². The topological polar surface area (TPSA) is 84.5 Å². The average Bonchev–Trinajstić information content (AvgIpc) is 2.54. The zero-order valence-electron chi connectivity index (χ0n) is 13.1. The molecule has 0 aliphatic rings. The molecular formula is C16H17BrN2O4S. The SMILES string of the molecule is COc1ccc(S(=O)(=O)NC(C)C(=O)Nc2cccc(Br)c2)cc1. The summed E-state index contributed by atoms with van der Waals surface area (Å²) in [5.74, 6) is 0.0968. The Morgan fingerprint density at radius 2 is 1.83 bits per heavy atom. The molecule has 24 heavy (non-hydrogen) atoms. The number of anilines is 1. The van der Waals surface area contributed by atoms with E-state index in [2.05, 4.69) is 26.0 Å². The quantitative estimate of drug-likeness (QED) is 0.763. The Hall–Kier alpha value is -1.90. The number of rotatable bonds is 6. The van der Waals surface area contributed by atoms with Crippen LogP contribution in [0.5, 0.6) is 5.75 Å². The minimum Gasteiger partial charge on any atom is -0.497 e. The van der Waals surface area contributed by atoms with Gasteiger partial charge in [0.05, 0.1) is 18.0 Å². The molecule has 0 aromatic heterocycles. The van der Waals surface area contributed by atoms with Gasteiger partial charge in [0.2, 0.25) is 15.9 Å². The third kappa shape index (κ3) is 4.80. The molecule has 6 nitrogen and oxygen atoms in total. The number of halogens is 1. The van der Waals surface area contributed by atoms with Crippen molar-refractivity contribution in [3.05, 3.63) is 53.0 Å². The van der Waals surface area contributed by atoms with Crippen LogP contribution < -0.4 is 14.8 Å². The van der Waals surface area contributed by atoms with Crippen LogP contribution in [-0.2, 0) is 14.8 Å². The summed E-state index contributed by atoms with van der Waals surface area (Å²) in [6, 6.07) is 12.0. The number of hydrogen-bond donors (Lipinski definition) is 2. The van der Waals surface area contributed by atoms with Gasteiger partial charge in [-0.3, -0.25) is 4.79 Å². The van der Waals surface area contributed by atoms with Gasteiger partial charge in [0, 0.05) is 10.2 Å². The zero-order valence-corrected chi connectivity index (χ0v) is 15.5. The van der Waals surface area contributed by atoms with Gasteiger partial charge in [-0.15, -0.1) is 0 Å². The zero-order chi connectivity index (χ0) is 17.7. The first kappa shape index (κ1) is 18.4. The van der Waals surface area contributed by atoms with Gasteiger partial charge in [0.1, 0.15) is 5.75 Å². The van der Waals surface area contributed by atoms with E-state index in [-0.39, 0.29) is 4.90 Å². The number of methoxy groups -OCH3 is 1. The minimum absolute atomic E-state index is 0.0606. The predicted octanol–water partition coefficient (Wildman–Crippen LogP) is 2.76. The fourth-order valence-electron chi connectivity index (χ4n) is 1.93. The summed E-state index contributed by atoms with van der Waals surface area (Å²) >= 11 is 3.31. The van der Waals surface area contributed by atoms with Crippen LogP contribution in [-0.4, -0.2) is 27.5 Å². The molecular weight excluding hydrogens is 396 g/mol. The van der Waals surface area contributed by atoms with Gasteiger partial charge in [-0.1, -0.05) is 22.0 Å². The van der Waals surface area contributed by atoms with Gasteiger partial charge in [-0.2, -0.15) is 4.72 Å². The van der Waals surface area contributed by atoms with Gasteiger partial charge < -0.3 is 10.1 Å². The molecule has 2 aromatic carbocycles. The number of amides is 1. The van der Waals surface area contributed by atoms with Gasteiger partial charge in [-0.25, -0.2) is 8.42 Å². The van der Waals surface area contributed by atoms with Crippen molar-refractivity contribution in [1.29, 1.82) is 0 Å². The molecule has 0 bridgehead atoms. The van der Waals surface area contributed by atoms with E-state index < -0.39 is 22.0 Å². The lowest BCUT2D eigenvalue weighted by Crippen LogP contribution is -2.41. The van der Waals surface area contributed by atoms with Crippen molar-refractivity contribution >= 4 is 37.5 Å². The summed E-state index contributed by atoms with van der Waals surface area (Å²) < 4.78 is 32.8. The summed E-state index contributed by atoms with van der Waals surface area (Å²) in [6.07, 6.45) is 0. The maximum Gasteiger partial charge on any atom is 0.242 e. The van der Waals surface area contributed by atoms with Crippen molar-refractivity contribution in [1.82, 2.24) is 4.72 Å². The Morgan fingerprint density at radius 3 is 2.42 bits per heavy atom. The molecule has 0 aliphatic heterocycles. The van der Waals surface area contributed by atoms with E-state index in [0.29, 0.717) is 11.4 Å². The smallest absolute Gasteiger partial charge is 0.242 e. The number of ether oxygens (including phenoxy) is 1. The van der Waals surface area contributed by atoms with Gasteiger partial charge in [0.25, 0.3) is 0 Å². The summed E-state index contributed by atoms with van der Waals surface area (Å²) in [4.78, 5) is 12.2. The molecule has 1 atom stereocenters. The van der Waals surface area contributed by atoms with E-state index >= 15 is 0 Å². The van der Waals surface area contributed by atoms with E-state index in [4.69, 9.17) is 4.74 Å². The molecule has 0 aliphatic carbocycles. The lowest BCUT2D eigenvalue weighted by atomic mass is 10.3. The van der Waals surface area contributed by atoms with Crippen LogP contribution in [0.25, 0.3) is 0 Å². The Bertz CT molecular complexity index is 822. The number of benzene rings is 2. The van der Waals surface area contributed by atoms with Gasteiger partial charge >= 0.3 is 0 Å². The molecule has 2 N–H and O–H groups in total. The molecule has 2 rings (SSSR count). The molecule has 0 fully saturated rings. The Labute approximate surface area is 149 Å². The van der Waals surface area contributed by atoms with Crippen LogP contribution in [0.15, 0.2) is 57.9 Å². The molecule has 0 saturated carbocycles. The van der Waals surface area contributed by atoms with Gasteiger partial charge in [0.15, 0.2) is 0 Å². The van der Waals surface area contributed by atoms with Crippen LogP contribution in [0.3, 0.4) is 0 Å². The largest absolute Gasteiger partial charge is 0.497 e. The maximum absolute atomic E-state index is 12.3. The average molecular weight is 413 g/mol. The van der Waals surface area contributed by atoms with E-state index in [1.54, 1.807) is 30.3 Å². The van der Waals surface area contributed by atoms with Crippen LogP contribution in [0.2, 0.25) is 0 Å². The monoisotopic (exact) mass is 412 g/mol. The summed E-state index contributed by atoms with van der Waals surface area (Å²) in [5, 5.41) is 2.66. The second kappa shape index (κ2) is 7.78. The highest BCUT2D eigenvalue weighted by atomic mass is 79.9. The van der Waals surface area contributed by atoms with Crippen molar-refractivity contribution in [3.63, 3.8) is 0 Å². The highest BCUT2D eigenvalue weighted by Gasteiger charge is 2.22. The van der Waals surface area contributed by atoms with Crippen LogP contribution in [0.4, 0.5) is 5.69 Å². The number of carbonyl (C=O) groups is 1. The Balaban J connectivity index is 2.06. The second-order valence-corrected chi connectivity index (χ2v) is 7.65. The van der Waals surface area contributed by atoms with E-state index in [1.165, 1.54) is 26.2 Å². The standard InChI is InChI=1S/C16H17BrN2O4S/c1-11(16(20)18-13-5-3-4-12(17)10-13)19-24(21,22)15-8-6-14(23-2)7-9-15/h3-11,19H,1-2H3,(H,18,20). The van der Waals surface area contributed by atoms with E-state index in [1.807, 2.05) is 6.07 Å².